The van der Waals surface area contributed by atoms with Crippen LogP contribution in [-0.4, -0.2) is 14.0 Å². The van der Waals surface area contributed by atoms with Gasteiger partial charge in [0.1, 0.15) is 0 Å². The van der Waals surface area contributed by atoms with Gasteiger partial charge in [-0.2, -0.15) is 0 Å². The second-order valence-corrected chi connectivity index (χ2v) is 6.96. The summed E-state index contributed by atoms with van der Waals surface area (Å²) in [7, 11) is -3.34. The first kappa shape index (κ1) is 15.0. The number of hydrogen-bond donors (Lipinski definition) is 2. The molecule has 5 heteroatoms. The predicted octanol–water partition coefficient (Wildman–Crippen LogP) is 2.27. The van der Waals surface area contributed by atoms with E-state index in [0.717, 1.165) is 12.8 Å². The fourth-order valence-corrected chi connectivity index (χ4v) is 3.67. The standard InChI is InChI=1S/C13H22N2O2S/c1-4-8-13(2,3)15-18(16,17)10-11-6-5-7-12(14)9-11/h5-7,9,15H,4,8,10,14H2,1-3H3. The summed E-state index contributed by atoms with van der Waals surface area (Å²) in [5, 5.41) is 0. The van der Waals surface area contributed by atoms with Gasteiger partial charge in [-0.3, -0.25) is 0 Å². The molecule has 0 saturated heterocycles. The molecular weight excluding hydrogens is 248 g/mol. The minimum atomic E-state index is -3.34. The Kier molecular flexibility index (Phi) is 4.76. The number of anilines is 1. The summed E-state index contributed by atoms with van der Waals surface area (Å²) in [6.07, 6.45) is 1.75. The molecule has 1 rings (SSSR count). The van der Waals surface area contributed by atoms with Crippen molar-refractivity contribution in [2.75, 3.05) is 5.73 Å². The zero-order chi connectivity index (χ0) is 13.8. The second kappa shape index (κ2) is 5.71. The molecular formula is C13H22N2O2S. The largest absolute Gasteiger partial charge is 0.399 e. The van der Waals surface area contributed by atoms with Crippen molar-refractivity contribution in [1.82, 2.24) is 4.72 Å². The summed E-state index contributed by atoms with van der Waals surface area (Å²) in [4.78, 5) is 0. The SMILES string of the molecule is CCCC(C)(C)NS(=O)(=O)Cc1cccc(N)c1. The Bertz CT molecular complexity index is 495. The predicted molar refractivity (Wildman–Crippen MR) is 75.6 cm³/mol. The first-order chi connectivity index (χ1) is 8.24. The van der Waals surface area contributed by atoms with E-state index in [1.165, 1.54) is 0 Å². The van der Waals surface area contributed by atoms with E-state index in [1.54, 1.807) is 24.3 Å². The fraction of sp³-hybridized carbons (Fsp3) is 0.538. The zero-order valence-electron chi connectivity index (χ0n) is 11.2. The number of hydrogen-bond acceptors (Lipinski definition) is 3. The molecule has 0 amide bonds. The molecule has 0 aromatic heterocycles. The maximum Gasteiger partial charge on any atom is 0.216 e. The molecule has 0 saturated carbocycles. The summed E-state index contributed by atoms with van der Waals surface area (Å²) in [6, 6.07) is 6.95. The maximum atomic E-state index is 12.0. The summed E-state index contributed by atoms with van der Waals surface area (Å²) in [5.74, 6) is -0.0365. The van der Waals surface area contributed by atoms with Crippen LogP contribution in [-0.2, 0) is 15.8 Å². The molecule has 0 fully saturated rings. The van der Waals surface area contributed by atoms with Gasteiger partial charge in [0.05, 0.1) is 5.75 Å². The minimum Gasteiger partial charge on any atom is -0.399 e. The molecule has 0 unspecified atom stereocenters. The van der Waals surface area contributed by atoms with Crippen molar-refractivity contribution in [3.8, 4) is 0 Å². The van der Waals surface area contributed by atoms with E-state index in [1.807, 2.05) is 20.8 Å². The van der Waals surface area contributed by atoms with Gasteiger partial charge in [-0.25, -0.2) is 13.1 Å². The highest BCUT2D eigenvalue weighted by molar-refractivity contribution is 7.88. The Morgan fingerprint density at radius 1 is 1.33 bits per heavy atom. The normalized spacial score (nSPS) is 12.6. The Morgan fingerprint density at radius 2 is 2.00 bits per heavy atom. The third-order valence-corrected chi connectivity index (χ3v) is 4.19. The van der Waals surface area contributed by atoms with Gasteiger partial charge in [-0.15, -0.1) is 0 Å². The Balaban J connectivity index is 2.77. The summed E-state index contributed by atoms with van der Waals surface area (Å²) in [6.45, 7) is 5.83. The highest BCUT2D eigenvalue weighted by Gasteiger charge is 2.23. The number of benzene rings is 1. The molecule has 1 aromatic carbocycles. The van der Waals surface area contributed by atoms with Crippen molar-refractivity contribution in [3.63, 3.8) is 0 Å². The number of sulfonamides is 1. The van der Waals surface area contributed by atoms with Crippen LogP contribution in [0.15, 0.2) is 24.3 Å². The quantitative estimate of drug-likeness (QED) is 0.779. The fourth-order valence-electron chi connectivity index (χ4n) is 2.04. The lowest BCUT2D eigenvalue weighted by molar-refractivity contribution is 0.417. The molecule has 0 bridgehead atoms. The molecule has 4 nitrogen and oxygen atoms in total. The lowest BCUT2D eigenvalue weighted by Gasteiger charge is -2.25. The van der Waals surface area contributed by atoms with Gasteiger partial charge >= 0.3 is 0 Å². The lowest BCUT2D eigenvalue weighted by atomic mass is 10.0. The highest BCUT2D eigenvalue weighted by Crippen LogP contribution is 2.15. The smallest absolute Gasteiger partial charge is 0.216 e. The van der Waals surface area contributed by atoms with Gasteiger partial charge in [-0.1, -0.05) is 25.5 Å². The molecule has 102 valence electrons. The first-order valence-corrected chi connectivity index (χ1v) is 7.75. The number of rotatable bonds is 6. The molecule has 0 aliphatic heterocycles. The summed E-state index contributed by atoms with van der Waals surface area (Å²) >= 11 is 0. The van der Waals surface area contributed by atoms with Crippen molar-refractivity contribution in [2.45, 2.75) is 44.9 Å². The van der Waals surface area contributed by atoms with Gasteiger partial charge in [0.25, 0.3) is 0 Å². The average Bonchev–Trinajstić information content (AvgIpc) is 2.13. The monoisotopic (exact) mass is 270 g/mol. The van der Waals surface area contributed by atoms with E-state index in [2.05, 4.69) is 4.72 Å². The maximum absolute atomic E-state index is 12.0. The van der Waals surface area contributed by atoms with Crippen LogP contribution in [0, 0.1) is 0 Å². The van der Waals surface area contributed by atoms with E-state index < -0.39 is 15.6 Å². The van der Waals surface area contributed by atoms with E-state index in [-0.39, 0.29) is 5.75 Å². The zero-order valence-corrected chi connectivity index (χ0v) is 12.0. The first-order valence-electron chi connectivity index (χ1n) is 6.10. The van der Waals surface area contributed by atoms with Crippen LogP contribution in [0.5, 0.6) is 0 Å². The molecule has 18 heavy (non-hydrogen) atoms. The van der Waals surface area contributed by atoms with Gasteiger partial charge < -0.3 is 5.73 Å². The van der Waals surface area contributed by atoms with Crippen molar-refractivity contribution in [2.24, 2.45) is 0 Å². The van der Waals surface area contributed by atoms with Crippen molar-refractivity contribution >= 4 is 15.7 Å². The molecule has 1 aromatic rings. The van der Waals surface area contributed by atoms with Gasteiger partial charge in [0.15, 0.2) is 0 Å². The third-order valence-electron chi connectivity index (χ3n) is 2.61. The minimum absolute atomic E-state index is 0.0365. The van der Waals surface area contributed by atoms with Crippen LogP contribution in [0.1, 0.15) is 39.2 Å². The van der Waals surface area contributed by atoms with Gasteiger partial charge in [-0.05, 0) is 38.0 Å². The number of nitrogen functional groups attached to an aromatic ring is 1. The Labute approximate surface area is 110 Å². The molecule has 0 atom stereocenters. The Morgan fingerprint density at radius 3 is 2.56 bits per heavy atom. The van der Waals surface area contributed by atoms with Gasteiger partial charge in [0, 0.05) is 11.2 Å². The number of nitrogens with one attached hydrogen (secondary N) is 1. The summed E-state index contributed by atoms with van der Waals surface area (Å²) in [5.41, 5.74) is 6.51. The molecule has 0 heterocycles. The van der Waals surface area contributed by atoms with Crippen LogP contribution in [0.3, 0.4) is 0 Å². The van der Waals surface area contributed by atoms with Crippen molar-refractivity contribution in [1.29, 1.82) is 0 Å². The van der Waals surface area contributed by atoms with E-state index in [0.29, 0.717) is 11.3 Å². The van der Waals surface area contributed by atoms with Crippen LogP contribution < -0.4 is 10.5 Å². The van der Waals surface area contributed by atoms with Crippen molar-refractivity contribution in [3.05, 3.63) is 29.8 Å². The molecule has 0 spiro atoms. The van der Waals surface area contributed by atoms with Crippen molar-refractivity contribution < 1.29 is 8.42 Å². The van der Waals surface area contributed by atoms with E-state index in [4.69, 9.17) is 5.73 Å². The third kappa shape index (κ3) is 5.06. The highest BCUT2D eigenvalue weighted by atomic mass is 32.2. The van der Waals surface area contributed by atoms with E-state index in [9.17, 15) is 8.42 Å². The van der Waals surface area contributed by atoms with Gasteiger partial charge in [0.2, 0.25) is 10.0 Å². The van der Waals surface area contributed by atoms with Crippen LogP contribution in [0.25, 0.3) is 0 Å². The topological polar surface area (TPSA) is 72.2 Å². The Hall–Kier alpha value is -1.07. The van der Waals surface area contributed by atoms with Crippen LogP contribution in [0.4, 0.5) is 5.69 Å². The average molecular weight is 270 g/mol. The van der Waals surface area contributed by atoms with Crippen LogP contribution in [0.2, 0.25) is 0 Å². The number of nitrogens with two attached hydrogens (primary N) is 1. The molecule has 3 N–H and O–H groups in total. The lowest BCUT2D eigenvalue weighted by Crippen LogP contribution is -2.43. The van der Waals surface area contributed by atoms with E-state index >= 15 is 0 Å². The molecule has 0 aliphatic carbocycles. The second-order valence-electron chi connectivity index (χ2n) is 5.24. The van der Waals surface area contributed by atoms with Crippen LogP contribution >= 0.6 is 0 Å². The molecule has 0 radical (unpaired) electrons. The summed E-state index contributed by atoms with van der Waals surface area (Å²) < 4.78 is 26.8. The molecule has 0 aliphatic rings.